The summed E-state index contributed by atoms with van der Waals surface area (Å²) in [6.07, 6.45) is 10.2. The highest BCUT2D eigenvalue weighted by molar-refractivity contribution is 5.56. The van der Waals surface area contributed by atoms with Crippen LogP contribution in [-0.4, -0.2) is 10.9 Å². The summed E-state index contributed by atoms with van der Waals surface area (Å²) < 4.78 is 0. The normalized spacial score (nSPS) is 20.2. The zero-order valence-corrected chi connectivity index (χ0v) is 9.95. The first-order valence-corrected chi connectivity index (χ1v) is 6.36. The molecule has 1 aliphatic heterocycles. The Kier molecular flexibility index (Phi) is 2.47. The number of benzene rings is 1. The lowest BCUT2D eigenvalue weighted by atomic mass is 10.0. The zero-order valence-electron chi connectivity index (χ0n) is 9.95. The van der Waals surface area contributed by atoms with Gasteiger partial charge in [0.05, 0.1) is 0 Å². The van der Waals surface area contributed by atoms with Gasteiger partial charge in [-0.25, -0.2) is 0 Å². The van der Waals surface area contributed by atoms with Crippen LogP contribution in [0.25, 0.3) is 6.08 Å². The molecule has 16 heavy (non-hydrogen) atoms. The van der Waals surface area contributed by atoms with E-state index in [1.165, 1.54) is 42.4 Å². The largest absolute Gasteiger partial charge is 0.370 e. The Morgan fingerprint density at radius 1 is 1.19 bits per heavy atom. The van der Waals surface area contributed by atoms with E-state index in [0.29, 0.717) is 0 Å². The first-order valence-electron chi connectivity index (χ1n) is 6.36. The van der Waals surface area contributed by atoms with Gasteiger partial charge in [-0.15, -0.1) is 0 Å². The van der Waals surface area contributed by atoms with Crippen LogP contribution in [0.3, 0.4) is 0 Å². The van der Waals surface area contributed by atoms with Crippen LogP contribution in [0.1, 0.15) is 42.4 Å². The van der Waals surface area contributed by atoms with Crippen LogP contribution in [0.4, 0.5) is 0 Å². The van der Waals surface area contributed by atoms with Crippen LogP contribution in [0.2, 0.25) is 0 Å². The molecule has 1 aliphatic carbocycles. The number of hydrogen-bond acceptors (Lipinski definition) is 1. The Bertz CT molecular complexity index is 413. The average Bonchev–Trinajstić information content (AvgIpc) is 2.81. The van der Waals surface area contributed by atoms with Crippen molar-refractivity contribution in [3.8, 4) is 0 Å². The molecule has 1 heterocycles. The molecular formula is C15H19N. The molecule has 0 atom stereocenters. The molecule has 1 aromatic rings. The van der Waals surface area contributed by atoms with E-state index in [9.17, 15) is 0 Å². The van der Waals surface area contributed by atoms with Gasteiger partial charge in [0.25, 0.3) is 0 Å². The van der Waals surface area contributed by atoms with Crippen LogP contribution >= 0.6 is 0 Å². The van der Waals surface area contributed by atoms with E-state index in [1.54, 1.807) is 0 Å². The number of fused-ring (bicyclic) bond motifs is 1. The quantitative estimate of drug-likeness (QED) is 0.687. The van der Waals surface area contributed by atoms with Crippen molar-refractivity contribution in [3.05, 3.63) is 41.1 Å². The smallest absolute Gasteiger partial charge is 0.0433 e. The predicted molar refractivity (Wildman–Crippen MR) is 68.0 cm³/mol. The summed E-state index contributed by atoms with van der Waals surface area (Å²) in [5.41, 5.74) is 4.27. The van der Waals surface area contributed by atoms with Crippen LogP contribution in [0.15, 0.2) is 24.4 Å². The highest BCUT2D eigenvalue weighted by atomic mass is 15.1. The van der Waals surface area contributed by atoms with Gasteiger partial charge in [0.15, 0.2) is 0 Å². The molecule has 0 amide bonds. The van der Waals surface area contributed by atoms with Crippen molar-refractivity contribution in [1.82, 2.24) is 4.90 Å². The molecule has 1 heteroatoms. The minimum atomic E-state index is 0.796. The van der Waals surface area contributed by atoms with Gasteiger partial charge in [-0.3, -0.25) is 0 Å². The van der Waals surface area contributed by atoms with Crippen LogP contribution in [-0.2, 0) is 6.54 Å². The van der Waals surface area contributed by atoms with Crippen molar-refractivity contribution in [2.45, 2.75) is 45.2 Å². The highest BCUT2D eigenvalue weighted by Crippen LogP contribution is 2.29. The maximum atomic E-state index is 2.54. The average molecular weight is 213 g/mol. The second kappa shape index (κ2) is 3.97. The van der Waals surface area contributed by atoms with E-state index < -0.39 is 0 Å². The van der Waals surface area contributed by atoms with Crippen molar-refractivity contribution < 1.29 is 0 Å². The third-order valence-electron chi connectivity index (χ3n) is 3.89. The van der Waals surface area contributed by atoms with Gasteiger partial charge < -0.3 is 4.90 Å². The standard InChI is InChI=1S/C15H19N/c1-12-6-7-13-8-9-16(11-14(13)10-12)15-4-2-3-5-15/h6-10,15H,2-5,11H2,1H3. The maximum absolute atomic E-state index is 2.54. The highest BCUT2D eigenvalue weighted by Gasteiger charge is 2.22. The Labute approximate surface area is 97.8 Å². The van der Waals surface area contributed by atoms with Crippen molar-refractivity contribution >= 4 is 6.08 Å². The molecule has 1 nitrogen and oxygen atoms in total. The topological polar surface area (TPSA) is 3.24 Å². The SMILES string of the molecule is Cc1ccc2c(c1)CN(C1CCCC1)C=C2. The fourth-order valence-corrected chi connectivity index (χ4v) is 2.95. The lowest BCUT2D eigenvalue weighted by molar-refractivity contribution is 0.270. The second-order valence-electron chi connectivity index (χ2n) is 5.13. The summed E-state index contributed by atoms with van der Waals surface area (Å²) in [4.78, 5) is 2.54. The Morgan fingerprint density at radius 2 is 2.00 bits per heavy atom. The summed E-state index contributed by atoms with van der Waals surface area (Å²) >= 11 is 0. The molecule has 84 valence electrons. The number of hydrogen-bond donors (Lipinski definition) is 0. The van der Waals surface area contributed by atoms with Crippen molar-refractivity contribution in [3.63, 3.8) is 0 Å². The molecule has 3 rings (SSSR count). The minimum absolute atomic E-state index is 0.796. The lowest BCUT2D eigenvalue weighted by Gasteiger charge is -2.31. The van der Waals surface area contributed by atoms with Crippen LogP contribution in [0, 0.1) is 6.92 Å². The van der Waals surface area contributed by atoms with Crippen LogP contribution in [0.5, 0.6) is 0 Å². The van der Waals surface area contributed by atoms with Gasteiger partial charge in [-0.2, -0.15) is 0 Å². The van der Waals surface area contributed by atoms with Gasteiger partial charge in [-0.1, -0.05) is 36.6 Å². The fourth-order valence-electron chi connectivity index (χ4n) is 2.95. The third kappa shape index (κ3) is 1.75. The molecule has 2 aliphatic rings. The molecule has 0 radical (unpaired) electrons. The summed E-state index contributed by atoms with van der Waals surface area (Å²) in [5, 5.41) is 0. The molecule has 1 aromatic carbocycles. The van der Waals surface area contributed by atoms with E-state index in [-0.39, 0.29) is 0 Å². The van der Waals surface area contributed by atoms with Gasteiger partial charge in [-0.05, 0) is 37.0 Å². The molecule has 0 unspecified atom stereocenters. The van der Waals surface area contributed by atoms with E-state index >= 15 is 0 Å². The van der Waals surface area contributed by atoms with Gasteiger partial charge >= 0.3 is 0 Å². The lowest BCUT2D eigenvalue weighted by Crippen LogP contribution is -2.29. The Morgan fingerprint density at radius 3 is 2.81 bits per heavy atom. The summed E-state index contributed by atoms with van der Waals surface area (Å²) in [6.45, 7) is 3.29. The first kappa shape index (κ1) is 9.95. The molecule has 1 fully saturated rings. The van der Waals surface area contributed by atoms with Crippen molar-refractivity contribution in [1.29, 1.82) is 0 Å². The van der Waals surface area contributed by atoms with Gasteiger partial charge in [0.2, 0.25) is 0 Å². The fraction of sp³-hybridized carbons (Fsp3) is 0.467. The Balaban J connectivity index is 1.84. The van der Waals surface area contributed by atoms with E-state index in [2.05, 4.69) is 42.3 Å². The van der Waals surface area contributed by atoms with Gasteiger partial charge in [0.1, 0.15) is 0 Å². The number of aryl methyl sites for hydroxylation is 1. The molecule has 0 aromatic heterocycles. The molecular weight excluding hydrogens is 194 g/mol. The van der Waals surface area contributed by atoms with E-state index in [1.807, 2.05) is 0 Å². The molecule has 0 bridgehead atoms. The van der Waals surface area contributed by atoms with Crippen LogP contribution < -0.4 is 0 Å². The number of nitrogens with zero attached hydrogens (tertiary/aromatic N) is 1. The van der Waals surface area contributed by atoms with Crippen molar-refractivity contribution in [2.75, 3.05) is 0 Å². The van der Waals surface area contributed by atoms with E-state index in [0.717, 1.165) is 12.6 Å². The van der Waals surface area contributed by atoms with E-state index in [4.69, 9.17) is 0 Å². The molecule has 0 saturated heterocycles. The summed E-state index contributed by atoms with van der Waals surface area (Å²) in [7, 11) is 0. The van der Waals surface area contributed by atoms with Crippen molar-refractivity contribution in [2.24, 2.45) is 0 Å². The monoisotopic (exact) mass is 213 g/mol. The number of rotatable bonds is 1. The summed E-state index contributed by atoms with van der Waals surface area (Å²) in [6, 6.07) is 7.58. The predicted octanol–water partition coefficient (Wildman–Crippen LogP) is 3.72. The maximum Gasteiger partial charge on any atom is 0.0433 e. The molecule has 0 N–H and O–H groups in total. The first-order chi connectivity index (χ1) is 7.83. The summed E-state index contributed by atoms with van der Waals surface area (Å²) in [5.74, 6) is 0. The molecule has 1 saturated carbocycles. The zero-order chi connectivity index (χ0) is 11.0. The second-order valence-corrected chi connectivity index (χ2v) is 5.13. The molecule has 0 spiro atoms. The Hall–Kier alpha value is -1.24. The minimum Gasteiger partial charge on any atom is -0.370 e. The third-order valence-corrected chi connectivity index (χ3v) is 3.89. The van der Waals surface area contributed by atoms with Gasteiger partial charge in [0, 0.05) is 18.8 Å².